The van der Waals surface area contributed by atoms with Gasteiger partial charge in [0.15, 0.2) is 0 Å². The Balaban J connectivity index is 1.77. The van der Waals surface area contributed by atoms with Gasteiger partial charge in [0, 0.05) is 32.4 Å². The maximum atomic E-state index is 11.8. The van der Waals surface area contributed by atoms with Crippen molar-refractivity contribution in [3.05, 3.63) is 47.7 Å². The van der Waals surface area contributed by atoms with Gasteiger partial charge in [0.05, 0.1) is 6.10 Å². The molecule has 5 nitrogen and oxygen atoms in total. The van der Waals surface area contributed by atoms with E-state index in [1.54, 1.807) is 19.2 Å². The van der Waals surface area contributed by atoms with Crippen molar-refractivity contribution < 1.29 is 9.90 Å². The minimum Gasteiger partial charge on any atom is -0.390 e. The van der Waals surface area contributed by atoms with Gasteiger partial charge in [0.25, 0.3) is 5.91 Å². The van der Waals surface area contributed by atoms with Gasteiger partial charge in [-0.25, -0.2) is 0 Å². The Labute approximate surface area is 137 Å². The van der Waals surface area contributed by atoms with E-state index in [1.165, 1.54) is 11.1 Å². The monoisotopic (exact) mass is 315 g/mol. The maximum absolute atomic E-state index is 11.8. The van der Waals surface area contributed by atoms with Crippen LogP contribution in [0, 0.1) is 0 Å². The van der Waals surface area contributed by atoms with E-state index in [9.17, 15) is 9.90 Å². The summed E-state index contributed by atoms with van der Waals surface area (Å²) in [4.78, 5) is 18.0. The number of β-amino-alcohol motifs (C(OH)–C–C–N with tert-alkyl or cyclic N) is 1. The van der Waals surface area contributed by atoms with Crippen molar-refractivity contribution >= 4 is 11.6 Å². The van der Waals surface area contributed by atoms with Gasteiger partial charge in [0.2, 0.25) is 0 Å². The smallest absolute Gasteiger partial charge is 0.265 e. The van der Waals surface area contributed by atoms with Crippen molar-refractivity contribution in [1.29, 1.82) is 0 Å². The summed E-state index contributed by atoms with van der Waals surface area (Å²) >= 11 is 0. The molecule has 5 heteroatoms. The average Bonchev–Trinajstić information content (AvgIpc) is 2.57. The number of rotatable bonds is 6. The molecule has 1 aromatic carbocycles. The Kier molecular flexibility index (Phi) is 6.50. The minimum absolute atomic E-state index is 0.236. The van der Waals surface area contributed by atoms with Crippen molar-refractivity contribution in [2.75, 3.05) is 19.6 Å². The third kappa shape index (κ3) is 5.30. The van der Waals surface area contributed by atoms with E-state index in [0.29, 0.717) is 12.3 Å². The molecule has 0 saturated heterocycles. The number of fused-ring (bicyclic) bond motifs is 1. The van der Waals surface area contributed by atoms with Crippen molar-refractivity contribution in [3.63, 3.8) is 0 Å². The zero-order valence-electron chi connectivity index (χ0n) is 13.8. The summed E-state index contributed by atoms with van der Waals surface area (Å²) < 4.78 is 0. The van der Waals surface area contributed by atoms with E-state index < -0.39 is 6.10 Å². The number of nitrogens with zero attached hydrogens (tertiary/aromatic N) is 2. The highest BCUT2D eigenvalue weighted by Crippen LogP contribution is 2.18. The molecule has 0 aromatic heterocycles. The van der Waals surface area contributed by atoms with Crippen LogP contribution in [0.3, 0.4) is 0 Å². The Morgan fingerprint density at radius 3 is 2.91 bits per heavy atom. The van der Waals surface area contributed by atoms with Crippen molar-refractivity contribution in [2.45, 2.75) is 32.9 Å². The SMILES string of the molecule is C/C=C\N=C(/C)C(=O)NC[C@@H](O)CN1CCc2ccccc2C1. The minimum atomic E-state index is -0.585. The second kappa shape index (κ2) is 8.60. The van der Waals surface area contributed by atoms with Crippen molar-refractivity contribution in [1.82, 2.24) is 10.2 Å². The summed E-state index contributed by atoms with van der Waals surface area (Å²) in [6, 6.07) is 8.41. The van der Waals surface area contributed by atoms with Crippen LogP contribution in [0.5, 0.6) is 0 Å². The molecule has 23 heavy (non-hydrogen) atoms. The van der Waals surface area contributed by atoms with Gasteiger partial charge in [0.1, 0.15) is 5.71 Å². The summed E-state index contributed by atoms with van der Waals surface area (Å²) in [6.07, 6.45) is 3.76. The van der Waals surface area contributed by atoms with Crippen LogP contribution < -0.4 is 5.32 Å². The highest BCUT2D eigenvalue weighted by Gasteiger charge is 2.18. The number of hydrogen-bond acceptors (Lipinski definition) is 4. The summed E-state index contributed by atoms with van der Waals surface area (Å²) in [6.45, 7) is 6.07. The lowest BCUT2D eigenvalue weighted by Gasteiger charge is -2.30. The number of carbonyl (C=O) groups is 1. The number of carbonyl (C=O) groups excluding carboxylic acids is 1. The molecule has 1 amide bonds. The van der Waals surface area contributed by atoms with Gasteiger partial charge >= 0.3 is 0 Å². The Morgan fingerprint density at radius 2 is 2.17 bits per heavy atom. The fraction of sp³-hybridized carbons (Fsp3) is 0.444. The first-order valence-electron chi connectivity index (χ1n) is 8.01. The Hall–Kier alpha value is -1.98. The summed E-state index contributed by atoms with van der Waals surface area (Å²) in [7, 11) is 0. The Bertz CT molecular complexity index is 596. The van der Waals surface area contributed by atoms with E-state index in [4.69, 9.17) is 0 Å². The predicted octanol–water partition coefficient (Wildman–Crippen LogP) is 1.52. The molecule has 0 bridgehead atoms. The quantitative estimate of drug-likeness (QED) is 0.782. The molecule has 1 aliphatic heterocycles. The second-order valence-electron chi connectivity index (χ2n) is 5.81. The van der Waals surface area contributed by atoms with Gasteiger partial charge < -0.3 is 10.4 Å². The zero-order valence-corrected chi connectivity index (χ0v) is 13.8. The maximum Gasteiger partial charge on any atom is 0.265 e. The Morgan fingerprint density at radius 1 is 1.43 bits per heavy atom. The molecule has 0 radical (unpaired) electrons. The highest BCUT2D eigenvalue weighted by atomic mass is 16.3. The fourth-order valence-electron chi connectivity index (χ4n) is 2.66. The van der Waals surface area contributed by atoms with Crippen LogP contribution in [0.25, 0.3) is 0 Å². The van der Waals surface area contributed by atoms with Crippen LogP contribution in [0.4, 0.5) is 0 Å². The van der Waals surface area contributed by atoms with Gasteiger partial charge in [-0.1, -0.05) is 30.3 Å². The molecular formula is C18H25N3O2. The molecule has 0 spiro atoms. The first kappa shape index (κ1) is 17.4. The van der Waals surface area contributed by atoms with Gasteiger partial charge in [-0.05, 0) is 31.4 Å². The van der Waals surface area contributed by atoms with Gasteiger partial charge in [-0.3, -0.25) is 14.7 Å². The van der Waals surface area contributed by atoms with E-state index in [2.05, 4.69) is 33.4 Å². The predicted molar refractivity (Wildman–Crippen MR) is 92.4 cm³/mol. The lowest BCUT2D eigenvalue weighted by Crippen LogP contribution is -2.43. The van der Waals surface area contributed by atoms with Gasteiger partial charge in [-0.2, -0.15) is 0 Å². The molecule has 124 valence electrons. The molecule has 1 aromatic rings. The standard InChI is InChI=1S/C18H25N3O2/c1-3-9-19-14(2)18(23)20-11-17(22)13-21-10-8-15-6-4-5-7-16(15)12-21/h3-7,9,17,22H,8,10-13H2,1-2H3,(H,20,23)/b9-3-,19-14+/t17-/m1/s1. The number of amides is 1. The first-order chi connectivity index (χ1) is 11.1. The molecule has 2 N–H and O–H groups in total. The van der Waals surface area contributed by atoms with Crippen LogP contribution in [0.1, 0.15) is 25.0 Å². The van der Waals surface area contributed by atoms with E-state index in [1.807, 2.05) is 13.0 Å². The largest absolute Gasteiger partial charge is 0.390 e. The number of nitrogens with one attached hydrogen (secondary N) is 1. The molecular weight excluding hydrogens is 290 g/mol. The molecule has 1 atom stereocenters. The number of aliphatic imine (C=N–C) groups is 1. The van der Waals surface area contributed by atoms with Crippen molar-refractivity contribution in [2.24, 2.45) is 4.99 Å². The third-order valence-electron chi connectivity index (χ3n) is 3.92. The first-order valence-corrected chi connectivity index (χ1v) is 8.01. The molecule has 1 aliphatic rings. The second-order valence-corrected chi connectivity index (χ2v) is 5.81. The molecule has 0 aliphatic carbocycles. The average molecular weight is 315 g/mol. The molecule has 2 rings (SSSR count). The van der Waals surface area contributed by atoms with Crippen LogP contribution in [-0.2, 0) is 17.8 Å². The van der Waals surface area contributed by atoms with Crippen molar-refractivity contribution in [3.8, 4) is 0 Å². The molecule has 1 heterocycles. The van der Waals surface area contributed by atoms with Gasteiger partial charge in [-0.15, -0.1) is 0 Å². The topological polar surface area (TPSA) is 64.9 Å². The van der Waals surface area contributed by atoms with Crippen LogP contribution in [-0.4, -0.2) is 47.4 Å². The normalized spacial score (nSPS) is 17.1. The lowest BCUT2D eigenvalue weighted by molar-refractivity contribution is -0.115. The molecule has 0 fully saturated rings. The fourth-order valence-corrected chi connectivity index (χ4v) is 2.66. The molecule has 0 saturated carbocycles. The lowest BCUT2D eigenvalue weighted by atomic mass is 10.00. The number of aliphatic hydroxyl groups excluding tert-OH is 1. The third-order valence-corrected chi connectivity index (χ3v) is 3.92. The molecule has 0 unspecified atom stereocenters. The summed E-state index contributed by atoms with van der Waals surface area (Å²) in [5, 5.41) is 12.9. The number of benzene rings is 1. The van der Waals surface area contributed by atoms with E-state index in [0.717, 1.165) is 19.5 Å². The number of hydrogen-bond donors (Lipinski definition) is 2. The summed E-state index contributed by atoms with van der Waals surface area (Å²) in [5.41, 5.74) is 3.11. The highest BCUT2D eigenvalue weighted by molar-refractivity contribution is 6.38. The van der Waals surface area contributed by atoms with Crippen LogP contribution in [0.2, 0.25) is 0 Å². The van der Waals surface area contributed by atoms with Crippen LogP contribution in [0.15, 0.2) is 41.5 Å². The van der Waals surface area contributed by atoms with E-state index in [-0.39, 0.29) is 12.5 Å². The summed E-state index contributed by atoms with van der Waals surface area (Å²) in [5.74, 6) is -0.244. The number of allylic oxidation sites excluding steroid dienone is 1. The van der Waals surface area contributed by atoms with E-state index >= 15 is 0 Å². The zero-order chi connectivity index (χ0) is 16.7. The van der Waals surface area contributed by atoms with Crippen LogP contribution >= 0.6 is 0 Å². The number of aliphatic hydroxyl groups is 1.